The Balaban J connectivity index is 1.51. The van der Waals surface area contributed by atoms with Crippen LogP contribution < -0.4 is 5.32 Å². The van der Waals surface area contributed by atoms with Crippen molar-refractivity contribution in [2.75, 3.05) is 5.32 Å². The van der Waals surface area contributed by atoms with Gasteiger partial charge in [-0.3, -0.25) is 4.79 Å². The largest absolute Gasteiger partial charge is 0.477 e. The Morgan fingerprint density at radius 3 is 2.76 bits per heavy atom. The van der Waals surface area contributed by atoms with E-state index in [-0.39, 0.29) is 11.8 Å². The van der Waals surface area contributed by atoms with E-state index in [1.54, 1.807) is 6.07 Å². The van der Waals surface area contributed by atoms with E-state index in [0.717, 1.165) is 28.1 Å². The molecule has 0 radical (unpaired) electrons. The Bertz CT molecular complexity index is 747. The van der Waals surface area contributed by atoms with Crippen LogP contribution in [0, 0.1) is 17.8 Å². The quantitative estimate of drug-likeness (QED) is 0.907. The monoisotopic (exact) mass is 301 g/mol. The highest BCUT2D eigenvalue weighted by molar-refractivity contribution is 7.20. The third kappa shape index (κ3) is 2.42. The van der Waals surface area contributed by atoms with E-state index in [2.05, 4.69) is 5.32 Å². The Morgan fingerprint density at radius 2 is 2.05 bits per heavy atom. The maximum Gasteiger partial charge on any atom is 0.345 e. The fourth-order valence-electron chi connectivity index (χ4n) is 3.02. The van der Waals surface area contributed by atoms with Gasteiger partial charge in [-0.15, -0.1) is 11.3 Å². The molecule has 2 N–H and O–H groups in total. The highest BCUT2D eigenvalue weighted by Crippen LogP contribution is 2.54. The molecule has 0 aliphatic heterocycles. The van der Waals surface area contributed by atoms with Crippen molar-refractivity contribution in [3.8, 4) is 0 Å². The van der Waals surface area contributed by atoms with E-state index in [1.807, 2.05) is 18.2 Å². The summed E-state index contributed by atoms with van der Waals surface area (Å²) in [7, 11) is 0. The Hall–Kier alpha value is -1.88. The van der Waals surface area contributed by atoms with Gasteiger partial charge in [-0.2, -0.15) is 0 Å². The number of carboxylic acid groups (broad SMARTS) is 1. The van der Waals surface area contributed by atoms with Crippen molar-refractivity contribution < 1.29 is 14.7 Å². The smallest absolute Gasteiger partial charge is 0.345 e. The van der Waals surface area contributed by atoms with Gasteiger partial charge in [0.05, 0.1) is 0 Å². The highest BCUT2D eigenvalue weighted by atomic mass is 32.1. The summed E-state index contributed by atoms with van der Waals surface area (Å²) in [4.78, 5) is 23.5. The number of carbonyl (C=O) groups excluding carboxylic acids is 1. The second-order valence-corrected chi connectivity index (χ2v) is 7.08. The highest BCUT2D eigenvalue weighted by Gasteiger charge is 2.51. The summed E-state index contributed by atoms with van der Waals surface area (Å²) in [6, 6.07) is 7.22. The number of hydrogen-bond donors (Lipinski definition) is 2. The van der Waals surface area contributed by atoms with Crippen LogP contribution in [0.2, 0.25) is 0 Å². The molecule has 1 amide bonds. The first-order valence-corrected chi connectivity index (χ1v) is 8.01. The van der Waals surface area contributed by atoms with Gasteiger partial charge in [0.1, 0.15) is 4.88 Å². The topological polar surface area (TPSA) is 66.4 Å². The first-order valence-electron chi connectivity index (χ1n) is 7.19. The number of fused-ring (bicyclic) bond motifs is 1. The molecule has 4 nitrogen and oxygen atoms in total. The standard InChI is InChI=1S/C16H15NO3S/c18-15(12-7-11(12)8-1-2-8)17-10-3-4-13-9(5-10)6-14(21-13)16(19)20/h3-6,8,11-12H,1-2,7H2,(H,17,18)(H,19,20). The average Bonchev–Trinajstić information content (AvgIpc) is 3.32. The van der Waals surface area contributed by atoms with Crippen LogP contribution in [-0.2, 0) is 4.79 Å². The van der Waals surface area contributed by atoms with Crippen LogP contribution in [0.4, 0.5) is 5.69 Å². The summed E-state index contributed by atoms with van der Waals surface area (Å²) in [6.45, 7) is 0. The summed E-state index contributed by atoms with van der Waals surface area (Å²) in [5, 5.41) is 12.8. The Morgan fingerprint density at radius 1 is 1.24 bits per heavy atom. The minimum atomic E-state index is -0.910. The van der Waals surface area contributed by atoms with Crippen LogP contribution in [0.5, 0.6) is 0 Å². The Kier molecular flexibility index (Phi) is 2.79. The van der Waals surface area contributed by atoms with Gasteiger partial charge in [0.25, 0.3) is 0 Å². The van der Waals surface area contributed by atoms with E-state index >= 15 is 0 Å². The minimum Gasteiger partial charge on any atom is -0.477 e. The Labute approximate surface area is 125 Å². The van der Waals surface area contributed by atoms with Crippen LogP contribution >= 0.6 is 11.3 Å². The van der Waals surface area contributed by atoms with E-state index in [1.165, 1.54) is 24.2 Å². The number of benzene rings is 1. The van der Waals surface area contributed by atoms with Crippen molar-refractivity contribution in [3.63, 3.8) is 0 Å². The predicted octanol–water partition coefficient (Wildman–Crippen LogP) is 3.58. The first kappa shape index (κ1) is 12.8. The van der Waals surface area contributed by atoms with Gasteiger partial charge >= 0.3 is 5.97 Å². The lowest BCUT2D eigenvalue weighted by atomic mass is 10.2. The fourth-order valence-corrected chi connectivity index (χ4v) is 3.90. The second-order valence-electron chi connectivity index (χ2n) is 6.00. The van der Waals surface area contributed by atoms with Crippen molar-refractivity contribution in [1.29, 1.82) is 0 Å². The van der Waals surface area contributed by atoms with Crippen molar-refractivity contribution in [2.45, 2.75) is 19.3 Å². The molecular weight excluding hydrogens is 286 g/mol. The maximum atomic E-state index is 12.2. The van der Waals surface area contributed by atoms with Crippen LogP contribution in [-0.4, -0.2) is 17.0 Å². The predicted molar refractivity (Wildman–Crippen MR) is 81.7 cm³/mol. The van der Waals surface area contributed by atoms with Crippen LogP contribution in [0.25, 0.3) is 10.1 Å². The van der Waals surface area contributed by atoms with Gasteiger partial charge in [0.15, 0.2) is 0 Å². The molecular formula is C16H15NO3S. The third-order valence-corrected chi connectivity index (χ3v) is 5.50. The number of anilines is 1. The zero-order valence-electron chi connectivity index (χ0n) is 11.3. The summed E-state index contributed by atoms with van der Waals surface area (Å²) in [5.41, 5.74) is 0.753. The summed E-state index contributed by atoms with van der Waals surface area (Å²) in [5.74, 6) is 0.781. The van der Waals surface area contributed by atoms with Gasteiger partial charge in [-0.1, -0.05) is 0 Å². The molecule has 1 aromatic carbocycles. The van der Waals surface area contributed by atoms with Crippen molar-refractivity contribution in [3.05, 3.63) is 29.1 Å². The number of aromatic carboxylic acids is 1. The van der Waals surface area contributed by atoms with Crippen LogP contribution in [0.3, 0.4) is 0 Å². The number of carboxylic acids is 1. The van der Waals surface area contributed by atoms with Crippen molar-refractivity contribution in [1.82, 2.24) is 0 Å². The molecule has 2 unspecified atom stereocenters. The molecule has 1 aromatic heterocycles. The van der Waals surface area contributed by atoms with Gasteiger partial charge in [-0.25, -0.2) is 4.79 Å². The van der Waals surface area contributed by atoms with Crippen molar-refractivity contribution >= 4 is 39.0 Å². The summed E-state index contributed by atoms with van der Waals surface area (Å²) >= 11 is 1.25. The molecule has 0 saturated heterocycles. The van der Waals surface area contributed by atoms with Gasteiger partial charge < -0.3 is 10.4 Å². The molecule has 0 spiro atoms. The molecule has 2 fully saturated rings. The molecule has 5 heteroatoms. The molecule has 2 aliphatic carbocycles. The molecule has 108 valence electrons. The molecule has 2 aliphatic rings. The average molecular weight is 301 g/mol. The number of rotatable bonds is 4. The number of hydrogen-bond acceptors (Lipinski definition) is 3. The van der Waals surface area contributed by atoms with E-state index < -0.39 is 5.97 Å². The van der Waals surface area contributed by atoms with E-state index in [4.69, 9.17) is 5.11 Å². The van der Waals surface area contributed by atoms with Crippen molar-refractivity contribution in [2.24, 2.45) is 17.8 Å². The SMILES string of the molecule is O=C(O)c1cc2cc(NC(=O)C3CC3C3CC3)ccc2s1. The number of nitrogens with one attached hydrogen (secondary N) is 1. The molecule has 2 saturated carbocycles. The van der Waals surface area contributed by atoms with Gasteiger partial charge in [0.2, 0.25) is 5.91 Å². The maximum absolute atomic E-state index is 12.2. The van der Waals surface area contributed by atoms with Gasteiger partial charge in [-0.05, 0) is 60.7 Å². The number of amides is 1. The van der Waals surface area contributed by atoms with Crippen LogP contribution in [0.15, 0.2) is 24.3 Å². The molecule has 0 bridgehead atoms. The zero-order valence-corrected chi connectivity index (χ0v) is 12.2. The normalized spacial score (nSPS) is 24.0. The van der Waals surface area contributed by atoms with Gasteiger partial charge in [0, 0.05) is 16.3 Å². The first-order chi connectivity index (χ1) is 10.1. The molecule has 4 rings (SSSR count). The number of thiophene rings is 1. The zero-order chi connectivity index (χ0) is 14.6. The third-order valence-electron chi connectivity index (χ3n) is 4.40. The lowest BCUT2D eigenvalue weighted by molar-refractivity contribution is -0.117. The van der Waals surface area contributed by atoms with Crippen LogP contribution in [0.1, 0.15) is 28.9 Å². The number of carbonyl (C=O) groups is 2. The van der Waals surface area contributed by atoms with E-state index in [9.17, 15) is 9.59 Å². The molecule has 1 heterocycles. The second kappa shape index (κ2) is 4.56. The summed E-state index contributed by atoms with van der Waals surface area (Å²) < 4.78 is 0.924. The lowest BCUT2D eigenvalue weighted by Crippen LogP contribution is -2.15. The summed E-state index contributed by atoms with van der Waals surface area (Å²) in [6.07, 6.45) is 3.60. The van der Waals surface area contributed by atoms with E-state index in [0.29, 0.717) is 10.8 Å². The minimum absolute atomic E-state index is 0.111. The molecule has 21 heavy (non-hydrogen) atoms. The molecule has 2 aromatic rings. The molecule has 2 atom stereocenters. The lowest BCUT2D eigenvalue weighted by Gasteiger charge is -2.04. The fraction of sp³-hybridized carbons (Fsp3) is 0.375.